The lowest BCUT2D eigenvalue weighted by molar-refractivity contribution is -0.499. The van der Waals surface area contributed by atoms with Crippen molar-refractivity contribution in [2.45, 2.75) is 25.8 Å². The van der Waals surface area contributed by atoms with Crippen molar-refractivity contribution in [2.75, 3.05) is 0 Å². The number of carbonyl (C=O) groups excluding carboxylic acids is 2. The van der Waals surface area contributed by atoms with Crippen LogP contribution < -0.4 is 15.6 Å². The molecule has 1 aromatic heterocycles. The molecule has 1 aromatic carbocycles. The highest BCUT2D eigenvalue weighted by Crippen LogP contribution is 2.18. The van der Waals surface area contributed by atoms with Crippen molar-refractivity contribution >= 4 is 46.3 Å². The molecule has 4 N–H and O–H groups in total. The molecule has 124 valence electrons. The number of nitrogens with one attached hydrogen (secondary N) is 4. The minimum absolute atomic E-state index is 0.0560. The van der Waals surface area contributed by atoms with Gasteiger partial charge < -0.3 is 15.6 Å². The predicted octanol–water partition coefficient (Wildman–Crippen LogP) is -0.212. The summed E-state index contributed by atoms with van der Waals surface area (Å²) in [5, 5.41) is 6.16. The number of rotatable bonds is 5. The van der Waals surface area contributed by atoms with E-state index < -0.39 is 17.7 Å². The van der Waals surface area contributed by atoms with Gasteiger partial charge in [0.1, 0.15) is 0 Å². The first kappa shape index (κ1) is 16.3. The fourth-order valence-corrected chi connectivity index (χ4v) is 3.00. The first-order valence-electron chi connectivity index (χ1n) is 7.88. The summed E-state index contributed by atoms with van der Waals surface area (Å²) in [5.74, 6) is -1.69. The van der Waals surface area contributed by atoms with Gasteiger partial charge in [0.2, 0.25) is 11.8 Å². The Balaban J connectivity index is 1.74. The fraction of sp³-hybridized carbons (Fsp3) is 0.294. The van der Waals surface area contributed by atoms with Crippen LogP contribution in [0.5, 0.6) is 0 Å². The molecule has 0 unspecified atom stereocenters. The number of fused-ring (bicyclic) bond motifs is 1. The van der Waals surface area contributed by atoms with Crippen molar-refractivity contribution in [1.82, 2.24) is 15.6 Å². The van der Waals surface area contributed by atoms with E-state index in [4.69, 9.17) is 12.2 Å². The first-order valence-corrected chi connectivity index (χ1v) is 8.29. The first-order chi connectivity index (χ1) is 11.6. The summed E-state index contributed by atoms with van der Waals surface area (Å²) in [6.07, 6.45) is 5.22. The summed E-state index contributed by atoms with van der Waals surface area (Å²) >= 11 is 4.79. The van der Waals surface area contributed by atoms with Gasteiger partial charge in [-0.15, -0.1) is 0 Å². The summed E-state index contributed by atoms with van der Waals surface area (Å²) in [7, 11) is 0. The second kappa shape index (κ2) is 6.92. The van der Waals surface area contributed by atoms with Gasteiger partial charge in [-0.2, -0.15) is 0 Å². The average Bonchev–Trinajstić information content (AvgIpc) is 2.96. The largest absolute Gasteiger partial charge is 0.361 e. The highest BCUT2D eigenvalue weighted by atomic mass is 32.1. The van der Waals surface area contributed by atoms with Crippen LogP contribution in [0.25, 0.3) is 10.9 Å². The highest BCUT2D eigenvalue weighted by Gasteiger charge is 2.33. The third kappa shape index (κ3) is 3.35. The fourth-order valence-electron chi connectivity index (χ4n) is 2.80. The Morgan fingerprint density at radius 3 is 2.67 bits per heavy atom. The Morgan fingerprint density at radius 2 is 1.96 bits per heavy atom. The molecule has 0 bridgehead atoms. The zero-order valence-corrected chi connectivity index (χ0v) is 14.1. The van der Waals surface area contributed by atoms with Crippen molar-refractivity contribution in [1.29, 1.82) is 0 Å². The van der Waals surface area contributed by atoms with E-state index in [1.807, 2.05) is 24.4 Å². The molecule has 1 saturated heterocycles. The molecular weight excluding hydrogens is 324 g/mol. The average molecular weight is 343 g/mol. The Morgan fingerprint density at radius 1 is 1.25 bits per heavy atom. The van der Waals surface area contributed by atoms with Crippen LogP contribution in [0.3, 0.4) is 0 Å². The number of hydrogen-bond acceptors (Lipinski definition) is 3. The van der Waals surface area contributed by atoms with E-state index in [2.05, 4.69) is 33.6 Å². The van der Waals surface area contributed by atoms with E-state index in [1.165, 1.54) is 10.9 Å². The predicted molar refractivity (Wildman–Crippen MR) is 95.5 cm³/mol. The third-order valence-corrected chi connectivity index (χ3v) is 4.38. The molecule has 0 spiro atoms. The van der Waals surface area contributed by atoms with Gasteiger partial charge in [-0.25, -0.2) is 4.99 Å². The normalized spacial score (nSPS) is 17.3. The van der Waals surface area contributed by atoms with Gasteiger partial charge in [-0.1, -0.05) is 25.1 Å². The van der Waals surface area contributed by atoms with E-state index in [-0.39, 0.29) is 11.2 Å². The molecule has 0 radical (unpaired) electrons. The van der Waals surface area contributed by atoms with E-state index in [1.54, 1.807) is 6.21 Å². The van der Waals surface area contributed by atoms with Crippen molar-refractivity contribution in [3.05, 3.63) is 36.0 Å². The molecule has 3 rings (SSSR count). The van der Waals surface area contributed by atoms with Crippen LogP contribution in [-0.2, 0) is 16.0 Å². The maximum atomic E-state index is 11.9. The lowest BCUT2D eigenvalue weighted by Gasteiger charge is -2.18. The number of H-pyrrole nitrogens is 1. The van der Waals surface area contributed by atoms with Crippen LogP contribution >= 0.6 is 12.2 Å². The molecule has 6 nitrogen and oxygen atoms in total. The molecule has 7 heteroatoms. The molecule has 1 atom stereocenters. The molecule has 2 amide bonds. The van der Waals surface area contributed by atoms with Crippen molar-refractivity contribution in [2.24, 2.45) is 5.92 Å². The molecule has 1 fully saturated rings. The Bertz CT molecular complexity index is 807. The molecule has 2 heterocycles. The zero-order valence-electron chi connectivity index (χ0n) is 13.3. The number of hydrogen-bond donors (Lipinski definition) is 4. The van der Waals surface area contributed by atoms with Gasteiger partial charge in [0.05, 0.1) is 0 Å². The Kier molecular flexibility index (Phi) is 4.71. The Labute approximate surface area is 144 Å². The number of amides is 2. The van der Waals surface area contributed by atoms with E-state index in [0.717, 1.165) is 18.4 Å². The van der Waals surface area contributed by atoms with Crippen molar-refractivity contribution in [3.63, 3.8) is 0 Å². The lowest BCUT2D eigenvalue weighted by atomic mass is 10.0. The minimum Gasteiger partial charge on any atom is -0.361 e. The van der Waals surface area contributed by atoms with Gasteiger partial charge in [-0.05, 0) is 23.8 Å². The summed E-state index contributed by atoms with van der Waals surface area (Å²) in [4.78, 5) is 30.2. The number of aromatic nitrogens is 1. The molecule has 0 aliphatic carbocycles. The second-order valence-electron chi connectivity index (χ2n) is 5.79. The minimum atomic E-state index is -0.881. The summed E-state index contributed by atoms with van der Waals surface area (Å²) in [5.41, 5.74) is 2.31. The van der Waals surface area contributed by atoms with Crippen LogP contribution in [0, 0.1) is 5.92 Å². The van der Waals surface area contributed by atoms with Crippen LogP contribution in [0.4, 0.5) is 0 Å². The monoisotopic (exact) mass is 343 g/mol. The van der Waals surface area contributed by atoms with Crippen LogP contribution in [0.2, 0.25) is 0 Å². The van der Waals surface area contributed by atoms with Crippen LogP contribution in [-0.4, -0.2) is 34.2 Å². The van der Waals surface area contributed by atoms with Gasteiger partial charge in [0.25, 0.3) is 0 Å². The summed E-state index contributed by atoms with van der Waals surface area (Å²) in [6.45, 7) is 2.07. The molecule has 1 aliphatic heterocycles. The smallest absolute Gasteiger partial charge is 0.248 e. The standard InChI is InChI=1S/C17H18N4O2S/c1-2-11(7-10-8-19-14-6-4-3-5-12(10)14)18-9-13-15(22)20-17(24)21-16(13)23/h3-6,8-9,11,13,19H,2,7H2,1H3,(H2,20,21,22,23,24)/p+1/t11-/m0/s1. The van der Waals surface area contributed by atoms with Crippen molar-refractivity contribution in [3.8, 4) is 0 Å². The highest BCUT2D eigenvalue weighted by molar-refractivity contribution is 7.80. The van der Waals surface area contributed by atoms with Gasteiger partial charge in [0, 0.05) is 29.9 Å². The number of thiocarbonyl (C=S) groups is 1. The van der Waals surface area contributed by atoms with Gasteiger partial charge in [0.15, 0.2) is 23.3 Å². The number of carbonyl (C=O) groups is 2. The molecule has 0 saturated carbocycles. The summed E-state index contributed by atoms with van der Waals surface area (Å²) < 4.78 is 0. The van der Waals surface area contributed by atoms with Crippen LogP contribution in [0.1, 0.15) is 18.9 Å². The van der Waals surface area contributed by atoms with E-state index in [0.29, 0.717) is 0 Å². The van der Waals surface area contributed by atoms with Gasteiger partial charge in [-0.3, -0.25) is 9.59 Å². The summed E-state index contributed by atoms with van der Waals surface area (Å²) in [6, 6.07) is 8.26. The van der Waals surface area contributed by atoms with Gasteiger partial charge >= 0.3 is 0 Å². The number of benzene rings is 1. The molecule has 1 aliphatic rings. The topological polar surface area (TPSA) is 88.0 Å². The van der Waals surface area contributed by atoms with Crippen molar-refractivity contribution < 1.29 is 14.6 Å². The third-order valence-electron chi connectivity index (χ3n) is 4.17. The number of para-hydroxylation sites is 1. The zero-order chi connectivity index (χ0) is 17.1. The quantitative estimate of drug-likeness (QED) is 0.344. The molecular formula is C17H19N4O2S+. The van der Waals surface area contributed by atoms with E-state index >= 15 is 0 Å². The maximum absolute atomic E-state index is 11.9. The second-order valence-corrected chi connectivity index (χ2v) is 6.20. The Hall–Kier alpha value is -2.54. The SMILES string of the molecule is CC[C@@H](Cc1c[nH]c2ccccc12)[NH+]=CC1C(=O)NC(=S)NC1=O. The molecule has 2 aromatic rings. The van der Waals surface area contributed by atoms with Crippen LogP contribution in [0.15, 0.2) is 30.5 Å². The maximum Gasteiger partial charge on any atom is 0.248 e. The van der Waals surface area contributed by atoms with E-state index in [9.17, 15) is 9.59 Å². The molecule has 24 heavy (non-hydrogen) atoms. The lowest BCUT2D eigenvalue weighted by Crippen LogP contribution is -2.79. The number of aromatic amines is 1.